The Morgan fingerprint density at radius 3 is 1.60 bits per heavy atom. The van der Waals surface area contributed by atoms with Crippen LogP contribution in [0.1, 0.15) is 103 Å². The van der Waals surface area contributed by atoms with E-state index in [0.29, 0.717) is 0 Å². The molecule has 0 bridgehead atoms. The van der Waals surface area contributed by atoms with Crippen LogP contribution in [0.3, 0.4) is 0 Å². The molecule has 2 rings (SSSR count). The molecule has 0 aromatic rings. The Balaban J connectivity index is -0.0000000975. The highest BCUT2D eigenvalue weighted by molar-refractivity contribution is 5.02. The van der Waals surface area contributed by atoms with Gasteiger partial charge in [-0.25, -0.2) is 0 Å². The van der Waals surface area contributed by atoms with Gasteiger partial charge in [0.2, 0.25) is 0 Å². The largest absolute Gasteiger partial charge is 1.00 e. The van der Waals surface area contributed by atoms with Gasteiger partial charge in [0.05, 0.1) is 26.7 Å². The molecule has 122 valence electrons. The van der Waals surface area contributed by atoms with E-state index in [9.17, 15) is 0 Å². The topological polar surface area (TPSA) is 0 Å². The second kappa shape index (κ2) is 15.0. The van der Waals surface area contributed by atoms with Crippen molar-refractivity contribution in [3.8, 4) is 0 Å². The maximum absolute atomic E-state index is 2.34. The first-order chi connectivity index (χ1) is 9.25. The first kappa shape index (κ1) is 21.9. The molecule has 0 N–H and O–H groups in total. The van der Waals surface area contributed by atoms with E-state index in [2.05, 4.69) is 61.5 Å². The minimum Gasteiger partial charge on any atom is -0.0856 e. The van der Waals surface area contributed by atoms with Crippen molar-refractivity contribution in [2.24, 2.45) is 11.8 Å². The number of allylic oxidation sites excluding steroid dienone is 2. The van der Waals surface area contributed by atoms with Gasteiger partial charge in [-0.3, -0.25) is 0 Å². The molecule has 0 heteroatoms. The van der Waals surface area contributed by atoms with Gasteiger partial charge >= 0.3 is 1.43 Å². The van der Waals surface area contributed by atoms with Crippen LogP contribution in [0, 0.1) is 17.8 Å². The Hall–Kier alpha value is -0.390. The lowest BCUT2D eigenvalue weighted by molar-refractivity contribution is 0.612. The number of hydrogen-bond acceptors (Lipinski definition) is 0. The molecule has 0 atom stereocenters. The quantitative estimate of drug-likeness (QED) is 0.312. The first-order valence-electron chi connectivity index (χ1n) is 8.68. The highest BCUT2D eigenvalue weighted by Crippen LogP contribution is 2.22. The van der Waals surface area contributed by atoms with E-state index < -0.39 is 0 Å². The Kier molecular flexibility index (Phi) is 16.4. The standard InChI is InChI=1S/C6H12.C6H10.C4H10.C4H9.H2/c2*1-6-4-2-3-5-6;2*1-4(2)3;/h6H,2-5H2,1H3;4H,2-3,5H2,1H3;4H,1-3H3;1-3H3;1H/q;;;+1;/p+1. The minimum absolute atomic E-state index is 0. The summed E-state index contributed by atoms with van der Waals surface area (Å²) in [5.74, 6) is 3.30. The van der Waals surface area contributed by atoms with E-state index in [1.807, 2.05) is 0 Å². The molecule has 20 heavy (non-hydrogen) atoms. The summed E-state index contributed by atoms with van der Waals surface area (Å²) in [6.45, 7) is 17.3. The van der Waals surface area contributed by atoms with Crippen molar-refractivity contribution in [2.45, 2.75) is 100 Å². The maximum atomic E-state index is 2.34. The molecular weight excluding hydrogens is 240 g/mol. The van der Waals surface area contributed by atoms with Crippen LogP contribution >= 0.6 is 0 Å². The summed E-state index contributed by atoms with van der Waals surface area (Å²) >= 11 is 0. The molecule has 0 radical (unpaired) electrons. The van der Waals surface area contributed by atoms with E-state index in [1.54, 1.807) is 5.57 Å². The van der Waals surface area contributed by atoms with E-state index in [1.165, 1.54) is 50.9 Å². The molecule has 2 aliphatic rings. The number of hydrogen-bond donors (Lipinski definition) is 0. The zero-order valence-electron chi connectivity index (χ0n) is 16.7. The molecule has 1 saturated carbocycles. The third-order valence-corrected chi connectivity index (χ3v) is 2.91. The minimum atomic E-state index is 0. The normalized spacial score (nSPS) is 17.1. The molecule has 0 unspecified atom stereocenters. The molecule has 1 fully saturated rings. The Bertz CT molecular complexity index is 202. The van der Waals surface area contributed by atoms with Crippen LogP contribution in [-0.4, -0.2) is 0 Å². The van der Waals surface area contributed by atoms with Crippen LogP contribution < -0.4 is 0 Å². The summed E-state index contributed by atoms with van der Waals surface area (Å²) in [4.78, 5) is 0. The summed E-state index contributed by atoms with van der Waals surface area (Å²) in [7, 11) is 0. The number of rotatable bonds is 0. The zero-order valence-corrected chi connectivity index (χ0v) is 15.7. The summed E-state index contributed by atoms with van der Waals surface area (Å²) < 4.78 is 0. The van der Waals surface area contributed by atoms with Gasteiger partial charge in [0.25, 0.3) is 0 Å². The molecule has 0 aliphatic heterocycles. The molecule has 0 heterocycles. The van der Waals surface area contributed by atoms with Gasteiger partial charge in [-0.2, -0.15) is 0 Å². The van der Waals surface area contributed by atoms with Crippen molar-refractivity contribution in [3.63, 3.8) is 0 Å². The smallest absolute Gasteiger partial charge is 0.0856 e. The van der Waals surface area contributed by atoms with Gasteiger partial charge in [-0.15, -0.1) is 0 Å². The lowest BCUT2D eigenvalue weighted by Crippen LogP contribution is -1.78. The van der Waals surface area contributed by atoms with E-state index in [-0.39, 0.29) is 2.85 Å². The molecule has 0 spiro atoms. The summed E-state index contributed by atoms with van der Waals surface area (Å²) in [6.07, 6.45) is 12.3. The summed E-state index contributed by atoms with van der Waals surface area (Å²) in [5.41, 5.74) is 1.58. The van der Waals surface area contributed by atoms with E-state index >= 15 is 0 Å². The molecule has 0 aromatic heterocycles. The van der Waals surface area contributed by atoms with Crippen LogP contribution in [0.15, 0.2) is 11.6 Å². The predicted octanol–water partition coefficient (Wildman–Crippen LogP) is 7.95. The summed E-state index contributed by atoms with van der Waals surface area (Å²) in [5, 5.41) is 0. The van der Waals surface area contributed by atoms with Gasteiger partial charge in [-0.1, -0.05) is 65.0 Å². The Morgan fingerprint density at radius 2 is 1.50 bits per heavy atom. The first-order valence-corrected chi connectivity index (χ1v) is 8.68. The van der Waals surface area contributed by atoms with Gasteiger partial charge in [-0.05, 0) is 38.0 Å². The van der Waals surface area contributed by atoms with Crippen molar-refractivity contribution in [1.82, 2.24) is 0 Å². The van der Waals surface area contributed by atoms with Crippen LogP contribution in [0.2, 0.25) is 0 Å². The van der Waals surface area contributed by atoms with Gasteiger partial charge < -0.3 is 0 Å². The van der Waals surface area contributed by atoms with E-state index in [0.717, 1.165) is 11.8 Å². The van der Waals surface area contributed by atoms with Gasteiger partial charge in [0.1, 0.15) is 0 Å². The van der Waals surface area contributed by atoms with Crippen molar-refractivity contribution in [2.75, 3.05) is 0 Å². The SMILES string of the molecule is CC(C)C.CC1=CCCC1.CC1CCCC1.C[C+](C)C.[H+].[HH]. The monoisotopic (exact) mass is 284 g/mol. The lowest BCUT2D eigenvalue weighted by Gasteiger charge is -1.91. The average Bonchev–Trinajstić information content (AvgIpc) is 2.91. The second-order valence-corrected chi connectivity index (χ2v) is 7.56. The van der Waals surface area contributed by atoms with Crippen LogP contribution in [-0.2, 0) is 0 Å². The fraction of sp³-hybridized carbons (Fsp3) is 0.850. The van der Waals surface area contributed by atoms with Crippen molar-refractivity contribution in [1.29, 1.82) is 0 Å². The average molecular weight is 285 g/mol. The third-order valence-electron chi connectivity index (χ3n) is 2.91. The molecule has 0 amide bonds. The van der Waals surface area contributed by atoms with Crippen LogP contribution in [0.4, 0.5) is 0 Å². The van der Waals surface area contributed by atoms with Crippen LogP contribution in [0.25, 0.3) is 0 Å². The van der Waals surface area contributed by atoms with Gasteiger partial charge in [0, 0.05) is 1.43 Å². The van der Waals surface area contributed by atoms with Crippen LogP contribution in [0.5, 0.6) is 0 Å². The maximum Gasteiger partial charge on any atom is 1.00 e. The molecule has 0 nitrogen and oxygen atoms in total. The fourth-order valence-corrected chi connectivity index (χ4v) is 1.96. The van der Waals surface area contributed by atoms with Gasteiger partial charge in [0.15, 0.2) is 0 Å². The van der Waals surface area contributed by atoms with Crippen molar-refractivity contribution >= 4 is 0 Å². The summed E-state index contributed by atoms with van der Waals surface area (Å²) in [6, 6.07) is 0. The Labute approximate surface area is 133 Å². The highest BCUT2D eigenvalue weighted by Gasteiger charge is 2.07. The highest BCUT2D eigenvalue weighted by atomic mass is 14.1. The van der Waals surface area contributed by atoms with Crippen molar-refractivity contribution < 1.29 is 2.85 Å². The second-order valence-electron chi connectivity index (χ2n) is 7.56. The molecule has 0 aromatic carbocycles. The third kappa shape index (κ3) is 26.2. The molecule has 0 saturated heterocycles. The fourth-order valence-electron chi connectivity index (χ4n) is 1.96. The predicted molar refractivity (Wildman–Crippen MR) is 99.2 cm³/mol. The van der Waals surface area contributed by atoms with E-state index in [4.69, 9.17) is 0 Å². The molecule has 2 aliphatic carbocycles. The molecular formula is C20H44+2. The lowest BCUT2D eigenvalue weighted by atomic mass is 10.2. The zero-order chi connectivity index (χ0) is 16.0. The Morgan fingerprint density at radius 1 is 1.10 bits per heavy atom. The van der Waals surface area contributed by atoms with Crippen molar-refractivity contribution in [3.05, 3.63) is 17.6 Å².